The molecule has 3 heterocycles. The summed E-state index contributed by atoms with van der Waals surface area (Å²) in [6, 6.07) is 4.36. The van der Waals surface area contributed by atoms with Crippen LogP contribution in [-0.2, 0) is 10.2 Å². The van der Waals surface area contributed by atoms with Gasteiger partial charge in [0.05, 0.1) is 29.9 Å². The van der Waals surface area contributed by atoms with Crippen LogP contribution in [0.5, 0.6) is 0 Å². The van der Waals surface area contributed by atoms with Crippen molar-refractivity contribution in [2.24, 2.45) is 0 Å². The molecule has 1 saturated heterocycles. The van der Waals surface area contributed by atoms with Crippen LogP contribution in [0, 0.1) is 11.3 Å². The Hall–Kier alpha value is -0.740. The maximum absolute atomic E-state index is 9.21. The molecule has 1 aliphatic heterocycles. The minimum atomic E-state index is -0.503. The van der Waals surface area contributed by atoms with E-state index < -0.39 is 5.41 Å². The van der Waals surface area contributed by atoms with E-state index in [1.165, 1.54) is 11.3 Å². The maximum Gasteiger partial charge on any atom is 0.155 e. The Morgan fingerprint density at radius 1 is 1.41 bits per heavy atom. The van der Waals surface area contributed by atoms with E-state index in [0.717, 1.165) is 20.1 Å². The largest absolute Gasteiger partial charge is 0.377 e. The predicted octanol–water partition coefficient (Wildman–Crippen LogP) is 3.43. The van der Waals surface area contributed by atoms with Crippen LogP contribution in [0.15, 0.2) is 21.3 Å². The van der Waals surface area contributed by atoms with Gasteiger partial charge in [-0.15, -0.1) is 22.7 Å². The molecule has 86 valence electrons. The molecule has 0 N–H and O–H groups in total. The first kappa shape index (κ1) is 11.4. The van der Waals surface area contributed by atoms with Crippen LogP contribution in [0.2, 0.25) is 0 Å². The number of hydrogen-bond donors (Lipinski definition) is 0. The molecule has 0 aromatic carbocycles. The lowest BCUT2D eigenvalue weighted by Crippen LogP contribution is -2.45. The summed E-state index contributed by atoms with van der Waals surface area (Å²) in [5.41, 5.74) is 0.444. The summed E-state index contributed by atoms with van der Waals surface area (Å²) < 4.78 is 6.21. The molecule has 2 aromatic heterocycles. The Labute approximate surface area is 115 Å². The molecule has 0 radical (unpaired) electrons. The summed E-state index contributed by atoms with van der Waals surface area (Å²) in [5.74, 6) is 0. The molecule has 3 rings (SSSR count). The monoisotopic (exact) mass is 326 g/mol. The number of ether oxygens (including phenoxy) is 1. The Balaban J connectivity index is 1.96. The summed E-state index contributed by atoms with van der Waals surface area (Å²) in [7, 11) is 0. The Morgan fingerprint density at radius 2 is 2.24 bits per heavy atom. The van der Waals surface area contributed by atoms with Gasteiger partial charge in [-0.25, -0.2) is 4.98 Å². The number of nitrogens with zero attached hydrogens (tertiary/aromatic N) is 2. The normalized spacial score (nSPS) is 17.4. The van der Waals surface area contributed by atoms with Crippen molar-refractivity contribution < 1.29 is 4.74 Å². The highest BCUT2D eigenvalue weighted by Crippen LogP contribution is 2.37. The van der Waals surface area contributed by atoms with Crippen molar-refractivity contribution >= 4 is 38.6 Å². The molecule has 0 saturated carbocycles. The standard InChI is InChI=1S/C11H7BrN2OS2/c12-7-1-9(16-2-7)8-3-17-10(14-8)11(4-13)5-15-6-11/h1-3H,5-6H2. The van der Waals surface area contributed by atoms with Crippen LogP contribution in [-0.4, -0.2) is 18.2 Å². The molecule has 0 amide bonds. The second-order valence-electron chi connectivity index (χ2n) is 3.85. The summed E-state index contributed by atoms with van der Waals surface area (Å²) in [5, 5.41) is 14.1. The third-order valence-electron chi connectivity index (χ3n) is 2.64. The van der Waals surface area contributed by atoms with E-state index in [9.17, 15) is 5.26 Å². The van der Waals surface area contributed by atoms with Gasteiger partial charge in [0.1, 0.15) is 5.01 Å². The smallest absolute Gasteiger partial charge is 0.155 e. The fourth-order valence-electron chi connectivity index (χ4n) is 1.60. The highest BCUT2D eigenvalue weighted by molar-refractivity contribution is 9.10. The van der Waals surface area contributed by atoms with Crippen molar-refractivity contribution in [1.29, 1.82) is 5.26 Å². The quantitative estimate of drug-likeness (QED) is 0.849. The van der Waals surface area contributed by atoms with Gasteiger partial charge in [-0.05, 0) is 22.0 Å². The Bertz CT molecular complexity index is 595. The number of aromatic nitrogens is 1. The fourth-order valence-corrected chi connectivity index (χ4v) is 4.00. The molecule has 2 aromatic rings. The van der Waals surface area contributed by atoms with E-state index in [0.29, 0.717) is 13.2 Å². The summed E-state index contributed by atoms with van der Waals surface area (Å²) in [6.45, 7) is 0.926. The number of thiophene rings is 1. The number of hydrogen-bond acceptors (Lipinski definition) is 5. The number of halogens is 1. The van der Waals surface area contributed by atoms with Crippen molar-refractivity contribution in [1.82, 2.24) is 4.98 Å². The Morgan fingerprint density at radius 3 is 2.76 bits per heavy atom. The zero-order chi connectivity index (χ0) is 11.9. The van der Waals surface area contributed by atoms with Crippen LogP contribution in [0.3, 0.4) is 0 Å². The molecule has 0 unspecified atom stereocenters. The number of thiazole rings is 1. The van der Waals surface area contributed by atoms with Gasteiger partial charge in [0, 0.05) is 15.2 Å². The minimum Gasteiger partial charge on any atom is -0.377 e. The summed E-state index contributed by atoms with van der Waals surface area (Å²) >= 11 is 6.61. The molecule has 17 heavy (non-hydrogen) atoms. The van der Waals surface area contributed by atoms with E-state index in [1.54, 1.807) is 11.3 Å². The van der Waals surface area contributed by atoms with Crippen molar-refractivity contribution in [3.8, 4) is 16.6 Å². The average molecular weight is 327 g/mol. The third-order valence-corrected chi connectivity index (χ3v) is 5.40. The molecule has 3 nitrogen and oxygen atoms in total. The second kappa shape index (κ2) is 4.18. The highest BCUT2D eigenvalue weighted by atomic mass is 79.9. The van der Waals surface area contributed by atoms with Crippen molar-refractivity contribution in [3.05, 3.63) is 26.3 Å². The van der Waals surface area contributed by atoms with Gasteiger partial charge >= 0.3 is 0 Å². The SMILES string of the molecule is N#CC1(c2nc(-c3cc(Br)cs3)cs2)COC1. The van der Waals surface area contributed by atoms with Crippen LogP contribution < -0.4 is 0 Å². The number of rotatable bonds is 2. The molecular formula is C11H7BrN2OS2. The van der Waals surface area contributed by atoms with Crippen molar-refractivity contribution in [2.45, 2.75) is 5.41 Å². The van der Waals surface area contributed by atoms with Crippen LogP contribution >= 0.6 is 38.6 Å². The van der Waals surface area contributed by atoms with Crippen LogP contribution in [0.25, 0.3) is 10.6 Å². The molecule has 6 heteroatoms. The summed E-state index contributed by atoms with van der Waals surface area (Å²) in [6.07, 6.45) is 0. The van der Waals surface area contributed by atoms with E-state index in [-0.39, 0.29) is 0 Å². The molecule has 0 aliphatic carbocycles. The molecule has 0 spiro atoms. The highest BCUT2D eigenvalue weighted by Gasteiger charge is 2.43. The molecule has 0 atom stereocenters. The maximum atomic E-state index is 9.21. The van der Waals surface area contributed by atoms with Crippen molar-refractivity contribution in [3.63, 3.8) is 0 Å². The minimum absolute atomic E-state index is 0.463. The Kier molecular flexibility index (Phi) is 2.79. The van der Waals surface area contributed by atoms with Gasteiger partial charge in [0.25, 0.3) is 0 Å². The van der Waals surface area contributed by atoms with E-state index in [4.69, 9.17) is 4.74 Å². The van der Waals surface area contributed by atoms with Gasteiger partial charge < -0.3 is 4.74 Å². The second-order valence-corrected chi connectivity index (χ2v) is 6.54. The topological polar surface area (TPSA) is 45.9 Å². The third kappa shape index (κ3) is 1.83. The van der Waals surface area contributed by atoms with Crippen LogP contribution in [0.4, 0.5) is 0 Å². The zero-order valence-electron chi connectivity index (χ0n) is 8.64. The lowest BCUT2D eigenvalue weighted by atomic mass is 9.89. The molecule has 1 aliphatic rings. The first-order valence-electron chi connectivity index (χ1n) is 4.93. The van der Waals surface area contributed by atoms with E-state index in [1.807, 2.05) is 16.8 Å². The molecular weight excluding hydrogens is 320 g/mol. The van der Waals surface area contributed by atoms with Gasteiger partial charge in [-0.2, -0.15) is 5.26 Å². The predicted molar refractivity (Wildman–Crippen MR) is 71.2 cm³/mol. The first-order chi connectivity index (χ1) is 8.23. The van der Waals surface area contributed by atoms with E-state index in [2.05, 4.69) is 27.0 Å². The van der Waals surface area contributed by atoms with E-state index >= 15 is 0 Å². The van der Waals surface area contributed by atoms with Crippen molar-refractivity contribution in [2.75, 3.05) is 13.2 Å². The average Bonchev–Trinajstić information content (AvgIpc) is 2.86. The zero-order valence-corrected chi connectivity index (χ0v) is 11.9. The van der Waals surface area contributed by atoms with Crippen LogP contribution in [0.1, 0.15) is 5.01 Å². The van der Waals surface area contributed by atoms with Gasteiger partial charge in [-0.1, -0.05) is 0 Å². The summed E-state index contributed by atoms with van der Waals surface area (Å²) in [4.78, 5) is 5.68. The first-order valence-corrected chi connectivity index (χ1v) is 7.48. The van der Waals surface area contributed by atoms with Gasteiger partial charge in [0.15, 0.2) is 5.41 Å². The number of nitriles is 1. The lowest BCUT2D eigenvalue weighted by Gasteiger charge is -2.32. The fraction of sp³-hybridized carbons (Fsp3) is 0.273. The van der Waals surface area contributed by atoms with Gasteiger partial charge in [0.2, 0.25) is 0 Å². The molecule has 1 fully saturated rings. The molecule has 0 bridgehead atoms. The lowest BCUT2D eigenvalue weighted by molar-refractivity contribution is -0.0298. The van der Waals surface area contributed by atoms with Gasteiger partial charge in [-0.3, -0.25) is 0 Å².